The number of aliphatic imine (C=N–C) groups is 1. The number of nitrogens with zero attached hydrogens (tertiary/aromatic N) is 2. The lowest BCUT2D eigenvalue weighted by molar-refractivity contribution is -0.172. The third-order valence-electron chi connectivity index (χ3n) is 5.19. The molecule has 0 bridgehead atoms. The highest BCUT2D eigenvalue weighted by atomic mass is 16.6. The van der Waals surface area contributed by atoms with Gasteiger partial charge in [0.1, 0.15) is 6.61 Å². The lowest BCUT2D eigenvalue weighted by atomic mass is 9.85. The van der Waals surface area contributed by atoms with E-state index in [1.807, 2.05) is 6.92 Å². The molecule has 144 valence electrons. The molecule has 0 aromatic carbocycles. The molecule has 0 saturated heterocycles. The standard InChI is InChI=1S/C20H24N2O5/c1-4-16(21-12-6-8-13(23)9-7-12)17-10-15-14(18(24)22(17)3)11-27-19(25)20(15,26)5-2/h6,8,10,23,26H,4-5,7,9,11H2,1-3H3/t20-/m0/s1. The summed E-state index contributed by atoms with van der Waals surface area (Å²) in [6, 6.07) is 1.68. The zero-order valence-corrected chi connectivity index (χ0v) is 15.8. The average molecular weight is 372 g/mol. The van der Waals surface area contributed by atoms with Gasteiger partial charge in [0.05, 0.1) is 22.7 Å². The number of ether oxygens (including phenoxy) is 1. The van der Waals surface area contributed by atoms with Crippen molar-refractivity contribution >= 4 is 11.7 Å². The zero-order valence-electron chi connectivity index (χ0n) is 15.8. The van der Waals surface area contributed by atoms with Gasteiger partial charge in [0, 0.05) is 24.7 Å². The Morgan fingerprint density at radius 1 is 1.30 bits per heavy atom. The largest absolute Gasteiger partial charge is 0.512 e. The highest BCUT2D eigenvalue weighted by Crippen LogP contribution is 2.33. The molecule has 0 amide bonds. The molecule has 7 heteroatoms. The lowest BCUT2D eigenvalue weighted by Crippen LogP contribution is -2.45. The first kappa shape index (κ1) is 19.1. The van der Waals surface area contributed by atoms with E-state index in [2.05, 4.69) is 4.99 Å². The van der Waals surface area contributed by atoms with E-state index in [4.69, 9.17) is 4.74 Å². The summed E-state index contributed by atoms with van der Waals surface area (Å²) in [4.78, 5) is 29.7. The zero-order chi connectivity index (χ0) is 19.8. The van der Waals surface area contributed by atoms with Crippen molar-refractivity contribution < 1.29 is 19.7 Å². The summed E-state index contributed by atoms with van der Waals surface area (Å²) in [7, 11) is 1.64. The van der Waals surface area contributed by atoms with Gasteiger partial charge in [-0.1, -0.05) is 13.8 Å². The summed E-state index contributed by atoms with van der Waals surface area (Å²) < 4.78 is 6.51. The number of rotatable bonds is 4. The molecule has 2 aliphatic rings. The van der Waals surface area contributed by atoms with Crippen molar-refractivity contribution in [3.05, 3.63) is 56.8 Å². The number of aliphatic hydroxyl groups excluding tert-OH is 1. The lowest BCUT2D eigenvalue weighted by Gasteiger charge is -2.32. The third kappa shape index (κ3) is 3.23. The molecule has 1 aromatic rings. The molecule has 0 unspecified atom stereocenters. The minimum absolute atomic E-state index is 0.110. The molecule has 1 aliphatic heterocycles. The molecule has 0 radical (unpaired) electrons. The first-order valence-electron chi connectivity index (χ1n) is 9.11. The third-order valence-corrected chi connectivity index (χ3v) is 5.19. The van der Waals surface area contributed by atoms with Crippen LogP contribution in [0.15, 0.2) is 39.5 Å². The fourth-order valence-corrected chi connectivity index (χ4v) is 3.43. The van der Waals surface area contributed by atoms with Crippen molar-refractivity contribution in [2.45, 2.75) is 51.7 Å². The molecule has 0 saturated carbocycles. The maximum atomic E-state index is 12.8. The number of aromatic nitrogens is 1. The molecular weight excluding hydrogens is 348 g/mol. The van der Waals surface area contributed by atoms with Gasteiger partial charge < -0.3 is 19.5 Å². The van der Waals surface area contributed by atoms with E-state index in [9.17, 15) is 19.8 Å². The Morgan fingerprint density at radius 3 is 2.63 bits per heavy atom. The van der Waals surface area contributed by atoms with E-state index < -0.39 is 11.6 Å². The number of allylic oxidation sites excluding steroid dienone is 4. The van der Waals surface area contributed by atoms with Crippen molar-refractivity contribution in [3.8, 4) is 0 Å². The Hall–Kier alpha value is -2.67. The second-order valence-corrected chi connectivity index (χ2v) is 6.80. The van der Waals surface area contributed by atoms with Crippen LogP contribution in [0.4, 0.5) is 0 Å². The number of esters is 1. The number of hydrogen-bond acceptors (Lipinski definition) is 6. The van der Waals surface area contributed by atoms with Gasteiger partial charge >= 0.3 is 5.97 Å². The summed E-state index contributed by atoms with van der Waals surface area (Å²) in [5.74, 6) is -0.415. The molecule has 7 nitrogen and oxygen atoms in total. The number of fused-ring (bicyclic) bond motifs is 1. The predicted molar refractivity (Wildman–Crippen MR) is 101 cm³/mol. The van der Waals surface area contributed by atoms with Crippen LogP contribution in [0, 0.1) is 0 Å². The molecular formula is C20H24N2O5. The van der Waals surface area contributed by atoms with Gasteiger partial charge in [-0.15, -0.1) is 0 Å². The van der Waals surface area contributed by atoms with Crippen LogP contribution in [-0.4, -0.2) is 26.5 Å². The minimum atomic E-state index is -1.83. The summed E-state index contributed by atoms with van der Waals surface area (Å²) in [6.45, 7) is 3.46. The van der Waals surface area contributed by atoms with Crippen molar-refractivity contribution in [2.75, 3.05) is 0 Å². The van der Waals surface area contributed by atoms with Crippen LogP contribution in [-0.2, 0) is 28.8 Å². The SMILES string of the molecule is CCC(=NC1=CC=C(O)CC1)c1cc2c(c(=O)n1C)COC(=O)[C@]2(O)CC. The van der Waals surface area contributed by atoms with Gasteiger partial charge in [-0.2, -0.15) is 0 Å². The smallest absolute Gasteiger partial charge is 0.343 e. The Balaban J connectivity index is 2.18. The maximum absolute atomic E-state index is 12.8. The van der Waals surface area contributed by atoms with Gasteiger partial charge in [-0.05, 0) is 37.5 Å². The molecule has 1 atom stereocenters. The van der Waals surface area contributed by atoms with Crippen LogP contribution in [0.2, 0.25) is 0 Å². The molecule has 0 spiro atoms. The minimum Gasteiger partial charge on any atom is -0.512 e. The first-order valence-corrected chi connectivity index (χ1v) is 9.11. The highest BCUT2D eigenvalue weighted by Gasteiger charge is 2.44. The summed E-state index contributed by atoms with van der Waals surface area (Å²) >= 11 is 0. The van der Waals surface area contributed by atoms with Crippen molar-refractivity contribution in [1.82, 2.24) is 4.57 Å². The van der Waals surface area contributed by atoms with Gasteiger partial charge in [-0.3, -0.25) is 9.79 Å². The van der Waals surface area contributed by atoms with E-state index in [1.54, 1.807) is 32.2 Å². The predicted octanol–water partition coefficient (Wildman–Crippen LogP) is 2.36. The Bertz CT molecular complexity index is 938. The van der Waals surface area contributed by atoms with Crippen molar-refractivity contribution in [2.24, 2.45) is 12.0 Å². The van der Waals surface area contributed by atoms with E-state index in [0.717, 1.165) is 5.70 Å². The number of hydrogen-bond donors (Lipinski definition) is 2. The molecule has 27 heavy (non-hydrogen) atoms. The number of aliphatic hydroxyl groups is 2. The fourth-order valence-electron chi connectivity index (χ4n) is 3.43. The Labute approximate surface area is 157 Å². The van der Waals surface area contributed by atoms with Crippen LogP contribution >= 0.6 is 0 Å². The number of carbonyl (C=O) groups excluding carboxylic acids is 1. The van der Waals surface area contributed by atoms with Gasteiger partial charge in [0.25, 0.3) is 5.56 Å². The van der Waals surface area contributed by atoms with Gasteiger partial charge in [-0.25, -0.2) is 4.79 Å². The second-order valence-electron chi connectivity index (χ2n) is 6.80. The topological polar surface area (TPSA) is 101 Å². The first-order chi connectivity index (χ1) is 12.8. The molecule has 3 rings (SSSR count). The molecule has 1 aliphatic carbocycles. The average Bonchev–Trinajstić information content (AvgIpc) is 2.67. The molecule has 1 aromatic heterocycles. The van der Waals surface area contributed by atoms with Gasteiger partial charge in [0.2, 0.25) is 0 Å². The highest BCUT2D eigenvalue weighted by molar-refractivity contribution is 6.00. The number of pyridine rings is 1. The maximum Gasteiger partial charge on any atom is 0.343 e. The van der Waals surface area contributed by atoms with Crippen molar-refractivity contribution in [3.63, 3.8) is 0 Å². The Kier molecular flexibility index (Phi) is 5.06. The van der Waals surface area contributed by atoms with Crippen LogP contribution in [0.25, 0.3) is 0 Å². The normalized spacial score (nSPS) is 22.7. The van der Waals surface area contributed by atoms with Crippen molar-refractivity contribution in [1.29, 1.82) is 0 Å². The second kappa shape index (κ2) is 7.15. The van der Waals surface area contributed by atoms with Crippen LogP contribution < -0.4 is 5.56 Å². The number of cyclic esters (lactones) is 1. The fraction of sp³-hybridized carbons (Fsp3) is 0.450. The van der Waals surface area contributed by atoms with Gasteiger partial charge in [0.15, 0.2) is 5.60 Å². The summed E-state index contributed by atoms with van der Waals surface area (Å²) in [5, 5.41) is 20.3. The van der Waals surface area contributed by atoms with E-state index in [-0.39, 0.29) is 18.6 Å². The summed E-state index contributed by atoms with van der Waals surface area (Å²) in [5.41, 5.74) is 0.505. The molecule has 2 heterocycles. The van der Waals surface area contributed by atoms with E-state index >= 15 is 0 Å². The number of carbonyl (C=O) groups is 1. The van der Waals surface area contributed by atoms with Crippen LogP contribution in [0.5, 0.6) is 0 Å². The quantitative estimate of drug-likeness (QED) is 0.624. The van der Waals surface area contributed by atoms with E-state index in [0.29, 0.717) is 47.6 Å². The van der Waals surface area contributed by atoms with Crippen LogP contribution in [0.1, 0.15) is 56.4 Å². The van der Waals surface area contributed by atoms with Crippen LogP contribution in [0.3, 0.4) is 0 Å². The summed E-state index contributed by atoms with van der Waals surface area (Å²) in [6.07, 6.45) is 5.18. The molecule has 0 fully saturated rings. The Morgan fingerprint density at radius 2 is 2.04 bits per heavy atom. The van der Waals surface area contributed by atoms with E-state index in [1.165, 1.54) is 4.57 Å². The monoisotopic (exact) mass is 372 g/mol. The molecule has 2 N–H and O–H groups in total.